The van der Waals surface area contributed by atoms with Crippen molar-refractivity contribution >= 4 is 28.8 Å². The predicted molar refractivity (Wildman–Crippen MR) is 90.9 cm³/mol. The van der Waals surface area contributed by atoms with Crippen LogP contribution in [0.15, 0.2) is 22.7 Å². The number of oxazole rings is 1. The van der Waals surface area contributed by atoms with Crippen LogP contribution in [0.25, 0.3) is 0 Å². The molecule has 3 aliphatic rings. The molecule has 5 rings (SSSR count). The van der Waals surface area contributed by atoms with E-state index < -0.39 is 0 Å². The van der Waals surface area contributed by atoms with Crippen molar-refractivity contribution in [2.24, 2.45) is 5.92 Å². The summed E-state index contributed by atoms with van der Waals surface area (Å²) in [5.41, 5.74) is 0. The normalized spacial score (nSPS) is 28.8. The Kier molecular flexibility index (Phi) is 4.24. The molecule has 0 saturated carbocycles. The van der Waals surface area contributed by atoms with Crippen LogP contribution in [-0.2, 0) is 0 Å². The van der Waals surface area contributed by atoms with Crippen LogP contribution < -0.4 is 10.1 Å². The zero-order valence-corrected chi connectivity index (χ0v) is 14.8. The Morgan fingerprint density at radius 3 is 2.92 bits per heavy atom. The van der Waals surface area contributed by atoms with Crippen molar-refractivity contribution in [2.45, 2.75) is 31.8 Å². The molecule has 2 atom stereocenters. The van der Waals surface area contributed by atoms with E-state index in [2.05, 4.69) is 22.1 Å². The van der Waals surface area contributed by atoms with Crippen molar-refractivity contribution in [1.82, 2.24) is 15.2 Å². The Hall–Kier alpha value is -1.57. The van der Waals surface area contributed by atoms with Gasteiger partial charge in [0.15, 0.2) is 5.06 Å². The topological polar surface area (TPSA) is 67.6 Å². The summed E-state index contributed by atoms with van der Waals surface area (Å²) in [5, 5.41) is 3.92. The van der Waals surface area contributed by atoms with Crippen molar-refractivity contribution in [3.05, 3.63) is 28.4 Å². The first-order valence-electron chi connectivity index (χ1n) is 8.04. The van der Waals surface area contributed by atoms with E-state index in [1.165, 1.54) is 30.4 Å². The molecule has 3 saturated heterocycles. The average molecular weight is 368 g/mol. The van der Waals surface area contributed by atoms with Gasteiger partial charge in [-0.1, -0.05) is 11.3 Å². The first-order valence-corrected chi connectivity index (χ1v) is 9.23. The zero-order chi connectivity index (χ0) is 16.7. The summed E-state index contributed by atoms with van der Waals surface area (Å²) in [6, 6.07) is 4.10. The van der Waals surface area contributed by atoms with E-state index in [9.17, 15) is 4.79 Å². The Morgan fingerprint density at radius 2 is 2.25 bits per heavy atom. The number of fused-ring (bicyclic) bond motifs is 3. The third-order valence-electron chi connectivity index (χ3n) is 4.92. The second kappa shape index (κ2) is 6.38. The number of nitrogens with one attached hydrogen (secondary N) is 1. The number of hydrogen-bond donors (Lipinski definition) is 1. The number of carbonyl (C=O) groups is 1. The highest BCUT2D eigenvalue weighted by Gasteiger charge is 2.40. The number of piperidine rings is 3. The molecule has 1 N–H and O–H groups in total. The van der Waals surface area contributed by atoms with Gasteiger partial charge in [0.05, 0.1) is 11.1 Å². The minimum atomic E-state index is -0.0501. The van der Waals surface area contributed by atoms with E-state index >= 15 is 0 Å². The highest BCUT2D eigenvalue weighted by Crippen LogP contribution is 2.33. The average Bonchev–Trinajstić information content (AvgIpc) is 3.21. The number of carbonyl (C=O) groups excluding carboxylic acids is 1. The van der Waals surface area contributed by atoms with Gasteiger partial charge in [0.25, 0.3) is 5.91 Å². The molecule has 2 aromatic heterocycles. The third-order valence-corrected chi connectivity index (χ3v) is 6.06. The molecule has 2 bridgehead atoms. The number of ether oxygens (including phenoxy) is 1. The molecule has 6 nitrogen and oxygen atoms in total. The second-order valence-corrected chi connectivity index (χ2v) is 7.68. The molecule has 0 radical (unpaired) electrons. The summed E-state index contributed by atoms with van der Waals surface area (Å²) < 4.78 is 10.5. The lowest BCUT2D eigenvalue weighted by atomic mass is 9.79. The van der Waals surface area contributed by atoms with E-state index in [0.29, 0.717) is 21.9 Å². The van der Waals surface area contributed by atoms with Gasteiger partial charge in [-0.15, -0.1) is 0 Å². The lowest BCUT2D eigenvalue weighted by Gasteiger charge is -2.49. The van der Waals surface area contributed by atoms with Crippen molar-refractivity contribution in [2.75, 3.05) is 13.1 Å². The second-order valence-electron chi connectivity index (χ2n) is 6.26. The van der Waals surface area contributed by atoms with Crippen molar-refractivity contribution in [3.8, 4) is 11.1 Å². The Labute approximate surface area is 148 Å². The summed E-state index contributed by atoms with van der Waals surface area (Å²) >= 11 is 6.93. The number of halogens is 1. The number of nitrogens with zero attached hydrogens (tertiary/aromatic N) is 2. The maximum atomic E-state index is 12.6. The smallest absolute Gasteiger partial charge is 0.400 e. The number of thiophene rings is 1. The first-order chi connectivity index (χ1) is 11.6. The fourth-order valence-electron chi connectivity index (χ4n) is 3.64. The van der Waals surface area contributed by atoms with E-state index in [-0.39, 0.29) is 23.2 Å². The number of amides is 1. The maximum Gasteiger partial charge on any atom is 0.401 e. The lowest BCUT2D eigenvalue weighted by molar-refractivity contribution is 0.0218. The Bertz CT molecular complexity index is 737. The molecular weight excluding hydrogens is 350 g/mol. The van der Waals surface area contributed by atoms with Gasteiger partial charge in [0.2, 0.25) is 5.22 Å². The Balaban J connectivity index is 1.41. The maximum absolute atomic E-state index is 12.6. The lowest BCUT2D eigenvalue weighted by Crippen LogP contribution is -2.62. The van der Waals surface area contributed by atoms with Crippen LogP contribution in [-0.4, -0.2) is 41.0 Å². The van der Waals surface area contributed by atoms with Crippen molar-refractivity contribution in [3.63, 3.8) is 0 Å². The molecular formula is C16H18ClN3O3S. The fourth-order valence-corrected chi connectivity index (χ4v) is 4.51. The summed E-state index contributed by atoms with van der Waals surface area (Å²) in [4.78, 5) is 19.5. The molecule has 2 aromatic rings. The molecule has 24 heavy (non-hydrogen) atoms. The van der Waals surface area contributed by atoms with E-state index in [4.69, 9.17) is 20.8 Å². The highest BCUT2D eigenvalue weighted by atomic mass is 35.5. The van der Waals surface area contributed by atoms with Gasteiger partial charge in [-0.05, 0) is 62.5 Å². The Morgan fingerprint density at radius 1 is 1.46 bits per heavy atom. The van der Waals surface area contributed by atoms with E-state index in [1.807, 2.05) is 0 Å². The monoisotopic (exact) mass is 367 g/mol. The van der Waals surface area contributed by atoms with Gasteiger partial charge in [0, 0.05) is 12.1 Å². The number of rotatable bonds is 4. The quantitative estimate of drug-likeness (QED) is 0.897. The fraction of sp³-hybridized carbons (Fsp3) is 0.500. The molecule has 8 heteroatoms. The molecule has 0 aliphatic carbocycles. The molecule has 3 aliphatic heterocycles. The van der Waals surface area contributed by atoms with Gasteiger partial charge >= 0.3 is 6.08 Å². The van der Waals surface area contributed by atoms with Crippen molar-refractivity contribution in [1.29, 1.82) is 0 Å². The van der Waals surface area contributed by atoms with Crippen LogP contribution in [0.4, 0.5) is 0 Å². The minimum Gasteiger partial charge on any atom is -0.400 e. The van der Waals surface area contributed by atoms with Crippen LogP contribution in [0, 0.1) is 5.92 Å². The zero-order valence-electron chi connectivity index (χ0n) is 13.2. The standard InChI is InChI=1S/C16H18ClN3O3S/c1-9-14(10-4-6-20(9)7-5-10)19-15(21)11-2-3-13(24-11)23-16-18-8-12(17)22-16/h2-3,8-10,14H,4-7H2,1H3,(H,19,21)/t9-,14-/m0/s1. The van der Waals surface area contributed by atoms with Crippen molar-refractivity contribution < 1.29 is 13.9 Å². The largest absolute Gasteiger partial charge is 0.401 e. The molecule has 0 unspecified atom stereocenters. The molecule has 128 valence electrons. The summed E-state index contributed by atoms with van der Waals surface area (Å²) in [6.45, 7) is 4.49. The van der Waals surface area contributed by atoms with E-state index in [0.717, 1.165) is 13.1 Å². The van der Waals surface area contributed by atoms with Crippen LogP contribution in [0.1, 0.15) is 29.4 Å². The molecule has 5 heterocycles. The summed E-state index contributed by atoms with van der Waals surface area (Å²) in [5.74, 6) is 0.532. The highest BCUT2D eigenvalue weighted by molar-refractivity contribution is 7.15. The predicted octanol–water partition coefficient (Wildman–Crippen LogP) is 3.39. The molecule has 0 aromatic carbocycles. The van der Waals surface area contributed by atoms with Gasteiger partial charge in [-0.25, -0.2) is 0 Å². The summed E-state index contributed by atoms with van der Waals surface area (Å²) in [6.07, 6.45) is 3.77. The van der Waals surface area contributed by atoms with Gasteiger partial charge < -0.3 is 14.5 Å². The minimum absolute atomic E-state index is 0.0501. The number of aromatic nitrogens is 1. The van der Waals surface area contributed by atoms with Crippen LogP contribution in [0.2, 0.25) is 5.22 Å². The molecule has 1 amide bonds. The third kappa shape index (κ3) is 3.03. The first kappa shape index (κ1) is 15.9. The summed E-state index contributed by atoms with van der Waals surface area (Å²) in [7, 11) is 0. The SMILES string of the molecule is C[C@H]1[C@H](NC(=O)c2ccc(Oc3ncc(Cl)o3)s2)C2CCN1CC2. The van der Waals surface area contributed by atoms with Gasteiger partial charge in [0.1, 0.15) is 0 Å². The van der Waals surface area contributed by atoms with Crippen LogP contribution in [0.3, 0.4) is 0 Å². The molecule has 0 spiro atoms. The van der Waals surface area contributed by atoms with Crippen LogP contribution >= 0.6 is 22.9 Å². The number of hydrogen-bond acceptors (Lipinski definition) is 6. The van der Waals surface area contributed by atoms with E-state index in [1.54, 1.807) is 12.1 Å². The molecule has 3 fully saturated rings. The van der Waals surface area contributed by atoms with Crippen LogP contribution in [0.5, 0.6) is 11.1 Å². The van der Waals surface area contributed by atoms with Gasteiger partial charge in [-0.2, -0.15) is 4.98 Å². The van der Waals surface area contributed by atoms with Gasteiger partial charge in [-0.3, -0.25) is 9.69 Å².